The summed E-state index contributed by atoms with van der Waals surface area (Å²) in [5, 5.41) is 3.45. The third-order valence-electron chi connectivity index (χ3n) is 3.03. The molecule has 3 nitrogen and oxygen atoms in total. The molecule has 0 spiro atoms. The average Bonchev–Trinajstić information content (AvgIpc) is 2.13. The highest BCUT2D eigenvalue weighted by molar-refractivity contribution is 9.10. The van der Waals surface area contributed by atoms with Crippen molar-refractivity contribution in [3.05, 3.63) is 16.5 Å². The minimum Gasteiger partial charge on any atom is -0.367 e. The third-order valence-corrected chi connectivity index (χ3v) is 3.44. The third kappa shape index (κ3) is 4.23. The molecule has 1 aromatic rings. The average molecular weight is 314 g/mol. The number of anilines is 1. The fraction of sp³-hybridized carbons (Fsp3) is 0.714. The fourth-order valence-electron chi connectivity index (χ4n) is 1.27. The molecular formula is C14H24BrN3. The first kappa shape index (κ1) is 15.4. The van der Waals surface area contributed by atoms with Gasteiger partial charge in [0.2, 0.25) is 0 Å². The molecule has 102 valence electrons. The highest BCUT2D eigenvalue weighted by Gasteiger charge is 2.22. The van der Waals surface area contributed by atoms with E-state index in [1.807, 2.05) is 6.07 Å². The number of hydrogen-bond donors (Lipinski definition) is 1. The fourth-order valence-corrected chi connectivity index (χ4v) is 1.65. The molecule has 1 atom stereocenters. The predicted octanol–water partition coefficient (Wildman–Crippen LogP) is 4.38. The van der Waals surface area contributed by atoms with E-state index in [9.17, 15) is 0 Å². The van der Waals surface area contributed by atoms with Gasteiger partial charge in [0, 0.05) is 17.5 Å². The maximum Gasteiger partial charge on any atom is 0.137 e. The Morgan fingerprint density at radius 1 is 1.11 bits per heavy atom. The molecule has 1 heterocycles. The Kier molecular flexibility index (Phi) is 4.42. The molecule has 0 fully saturated rings. The van der Waals surface area contributed by atoms with Gasteiger partial charge in [-0.1, -0.05) is 41.5 Å². The molecule has 1 unspecified atom stereocenters. The van der Waals surface area contributed by atoms with Gasteiger partial charge in [0.1, 0.15) is 16.2 Å². The van der Waals surface area contributed by atoms with E-state index in [1.54, 1.807) is 0 Å². The van der Waals surface area contributed by atoms with Gasteiger partial charge in [-0.3, -0.25) is 0 Å². The van der Waals surface area contributed by atoms with Gasteiger partial charge < -0.3 is 5.32 Å². The van der Waals surface area contributed by atoms with Gasteiger partial charge in [0.15, 0.2) is 0 Å². The molecule has 0 aliphatic heterocycles. The summed E-state index contributed by atoms with van der Waals surface area (Å²) in [5.41, 5.74) is 0.143. The smallest absolute Gasteiger partial charge is 0.137 e. The lowest BCUT2D eigenvalue weighted by molar-refractivity contribution is 0.358. The lowest BCUT2D eigenvalue weighted by atomic mass is 9.88. The van der Waals surface area contributed by atoms with Crippen LogP contribution in [0.25, 0.3) is 0 Å². The van der Waals surface area contributed by atoms with Crippen molar-refractivity contribution in [2.75, 3.05) is 5.32 Å². The molecule has 4 heteroatoms. The molecule has 0 saturated carbocycles. The number of rotatable bonds is 2. The highest BCUT2D eigenvalue weighted by Crippen LogP contribution is 2.25. The molecule has 1 aromatic heterocycles. The second-order valence-electron chi connectivity index (χ2n) is 6.88. The summed E-state index contributed by atoms with van der Waals surface area (Å²) in [6.45, 7) is 15.2. The minimum atomic E-state index is -0.0504. The zero-order valence-corrected chi connectivity index (χ0v) is 14.0. The van der Waals surface area contributed by atoms with Crippen LogP contribution in [0.4, 0.5) is 5.82 Å². The lowest BCUT2D eigenvalue weighted by Gasteiger charge is -2.29. The Bertz CT molecular complexity index is 416. The summed E-state index contributed by atoms with van der Waals surface area (Å²) in [7, 11) is 0. The van der Waals surface area contributed by atoms with Gasteiger partial charge >= 0.3 is 0 Å². The Morgan fingerprint density at radius 3 is 2.11 bits per heavy atom. The van der Waals surface area contributed by atoms with Crippen molar-refractivity contribution < 1.29 is 0 Å². The van der Waals surface area contributed by atoms with Crippen LogP contribution in [0.5, 0.6) is 0 Å². The van der Waals surface area contributed by atoms with E-state index in [-0.39, 0.29) is 10.8 Å². The van der Waals surface area contributed by atoms with E-state index >= 15 is 0 Å². The summed E-state index contributed by atoms with van der Waals surface area (Å²) in [4.78, 5) is 9.05. The van der Waals surface area contributed by atoms with Crippen LogP contribution in [0.15, 0.2) is 10.7 Å². The van der Waals surface area contributed by atoms with Crippen LogP contribution in [0.3, 0.4) is 0 Å². The van der Waals surface area contributed by atoms with Crippen LogP contribution < -0.4 is 5.32 Å². The predicted molar refractivity (Wildman–Crippen MR) is 81.0 cm³/mol. The molecule has 0 amide bonds. The first-order chi connectivity index (χ1) is 8.00. The normalized spacial score (nSPS) is 14.4. The maximum absolute atomic E-state index is 4.61. The van der Waals surface area contributed by atoms with Crippen LogP contribution in [-0.2, 0) is 5.41 Å². The van der Waals surface area contributed by atoms with E-state index < -0.39 is 0 Å². The minimum absolute atomic E-state index is 0.0504. The summed E-state index contributed by atoms with van der Waals surface area (Å²) in [5.74, 6) is 1.73. The molecule has 0 bridgehead atoms. The summed E-state index contributed by atoms with van der Waals surface area (Å²) in [6.07, 6.45) is 0. The van der Waals surface area contributed by atoms with E-state index in [0.717, 1.165) is 16.2 Å². The molecular weight excluding hydrogens is 290 g/mol. The first-order valence-corrected chi connectivity index (χ1v) is 7.11. The van der Waals surface area contributed by atoms with Gasteiger partial charge in [-0.05, 0) is 28.3 Å². The molecule has 0 aromatic carbocycles. The van der Waals surface area contributed by atoms with Crippen molar-refractivity contribution in [1.82, 2.24) is 9.97 Å². The Balaban J connectivity index is 3.01. The van der Waals surface area contributed by atoms with Gasteiger partial charge in [-0.15, -0.1) is 0 Å². The quantitative estimate of drug-likeness (QED) is 0.823. The summed E-state index contributed by atoms with van der Waals surface area (Å²) in [6, 6.07) is 2.27. The van der Waals surface area contributed by atoms with E-state index in [4.69, 9.17) is 0 Å². The van der Waals surface area contributed by atoms with E-state index in [0.29, 0.717) is 6.04 Å². The van der Waals surface area contributed by atoms with E-state index in [1.165, 1.54) is 0 Å². The van der Waals surface area contributed by atoms with Crippen molar-refractivity contribution in [2.24, 2.45) is 5.41 Å². The molecule has 1 rings (SSSR count). The van der Waals surface area contributed by atoms with Crippen LogP contribution in [0, 0.1) is 5.41 Å². The number of aromatic nitrogens is 2. The lowest BCUT2D eigenvalue weighted by Crippen LogP contribution is -2.31. The van der Waals surface area contributed by atoms with Crippen molar-refractivity contribution >= 4 is 21.7 Å². The molecule has 1 N–H and O–H groups in total. The van der Waals surface area contributed by atoms with Crippen molar-refractivity contribution in [3.8, 4) is 0 Å². The van der Waals surface area contributed by atoms with Crippen LogP contribution >= 0.6 is 15.9 Å². The molecule has 0 aliphatic rings. The number of halogens is 1. The molecule has 0 radical (unpaired) electrons. The van der Waals surface area contributed by atoms with Gasteiger partial charge in [0.05, 0.1) is 0 Å². The molecule has 0 saturated heterocycles. The first-order valence-electron chi connectivity index (χ1n) is 6.32. The van der Waals surface area contributed by atoms with Gasteiger partial charge in [0.25, 0.3) is 0 Å². The van der Waals surface area contributed by atoms with Crippen molar-refractivity contribution in [1.29, 1.82) is 0 Å². The second-order valence-corrected chi connectivity index (χ2v) is 7.69. The number of nitrogens with one attached hydrogen (secondary N) is 1. The number of hydrogen-bond acceptors (Lipinski definition) is 3. The van der Waals surface area contributed by atoms with Crippen LogP contribution in [0.1, 0.15) is 54.3 Å². The monoisotopic (exact) mass is 313 g/mol. The van der Waals surface area contributed by atoms with E-state index in [2.05, 4.69) is 79.7 Å². The number of nitrogens with zero attached hydrogens (tertiary/aromatic N) is 2. The summed E-state index contributed by atoms with van der Waals surface area (Å²) < 4.78 is 0.825. The second kappa shape index (κ2) is 5.16. The van der Waals surface area contributed by atoms with Crippen LogP contribution in [-0.4, -0.2) is 16.0 Å². The molecule has 18 heavy (non-hydrogen) atoms. The van der Waals surface area contributed by atoms with Gasteiger partial charge in [-0.25, -0.2) is 9.97 Å². The topological polar surface area (TPSA) is 37.8 Å². The van der Waals surface area contributed by atoms with Crippen LogP contribution in [0.2, 0.25) is 0 Å². The SMILES string of the molecule is CC(Nc1cc(Br)nc(C(C)(C)C)n1)C(C)(C)C. The van der Waals surface area contributed by atoms with Gasteiger partial charge in [-0.2, -0.15) is 0 Å². The Labute approximate surface area is 119 Å². The van der Waals surface area contributed by atoms with Crippen molar-refractivity contribution in [3.63, 3.8) is 0 Å². The zero-order valence-electron chi connectivity index (χ0n) is 12.4. The Hall–Kier alpha value is -0.640. The highest BCUT2D eigenvalue weighted by atomic mass is 79.9. The zero-order chi connectivity index (χ0) is 14.1. The molecule has 0 aliphatic carbocycles. The Morgan fingerprint density at radius 2 is 1.67 bits per heavy atom. The largest absolute Gasteiger partial charge is 0.367 e. The summed E-state index contributed by atoms with van der Waals surface area (Å²) >= 11 is 3.45. The maximum atomic E-state index is 4.61. The van der Waals surface area contributed by atoms with Crippen molar-refractivity contribution in [2.45, 2.75) is 59.9 Å². The standard InChI is InChI=1S/C14H24BrN3/c1-9(13(2,3)4)16-11-8-10(15)17-12(18-11)14(5,6)7/h8-9H,1-7H3,(H,16,17,18).